The molecule has 0 heterocycles. The van der Waals surface area contributed by atoms with Gasteiger partial charge in [0.2, 0.25) is 0 Å². The van der Waals surface area contributed by atoms with Crippen LogP contribution in [0.15, 0.2) is 72.8 Å². The van der Waals surface area contributed by atoms with Crippen molar-refractivity contribution in [3.05, 3.63) is 72.8 Å². The molecule has 0 aliphatic rings. The zero-order valence-electron chi connectivity index (χ0n) is 17.1. The highest BCUT2D eigenvalue weighted by atomic mass is 16.5. The summed E-state index contributed by atoms with van der Waals surface area (Å²) in [6.07, 6.45) is 0. The molecule has 30 heavy (non-hydrogen) atoms. The van der Waals surface area contributed by atoms with Gasteiger partial charge in [-0.25, -0.2) is 0 Å². The van der Waals surface area contributed by atoms with Crippen LogP contribution in [-0.2, 0) is 0 Å². The number of rotatable bonds is 3. The van der Waals surface area contributed by atoms with Crippen LogP contribution in [-0.4, -0.2) is 14.2 Å². The summed E-state index contributed by atoms with van der Waals surface area (Å²) in [5, 5.41) is 2.05. The summed E-state index contributed by atoms with van der Waals surface area (Å²) >= 11 is 0. The number of nitrogens with two attached hydrogens (primary N) is 4. The summed E-state index contributed by atoms with van der Waals surface area (Å²) in [7, 11) is 3.19. The zero-order valence-corrected chi connectivity index (χ0v) is 17.1. The lowest BCUT2D eigenvalue weighted by atomic mass is 10.0. The standard InChI is InChI=1S/C14H16N2O2.C10H10N2/c1-17-13-7-9(3-5-11(13)15)10-4-6-12(16)14(8-10)18-2;11-9-5-1-3-7-8(9)4-2-6-10(7)12/h3-8H,15-16H2,1-2H3;1-6H,11-12H2. The summed E-state index contributed by atoms with van der Waals surface area (Å²) in [6.45, 7) is 0. The number of benzene rings is 4. The SMILES string of the molecule is COc1cc(-c2ccc(N)c(OC)c2)ccc1N.Nc1cccc2c(N)cccc12. The second-order valence-corrected chi connectivity index (χ2v) is 6.70. The lowest BCUT2D eigenvalue weighted by Gasteiger charge is -2.10. The molecule has 0 saturated carbocycles. The predicted molar refractivity (Wildman–Crippen MR) is 127 cm³/mol. The van der Waals surface area contributed by atoms with Crippen LogP contribution in [0.3, 0.4) is 0 Å². The molecule has 4 aromatic carbocycles. The maximum atomic E-state index is 5.79. The summed E-state index contributed by atoms with van der Waals surface area (Å²) in [6, 6.07) is 22.8. The van der Waals surface area contributed by atoms with Crippen LogP contribution < -0.4 is 32.4 Å². The lowest BCUT2D eigenvalue weighted by molar-refractivity contribution is 0.416. The van der Waals surface area contributed by atoms with Crippen molar-refractivity contribution in [1.29, 1.82) is 0 Å². The number of nitrogen functional groups attached to an aromatic ring is 4. The Hall–Kier alpha value is -4.06. The average Bonchev–Trinajstić information content (AvgIpc) is 2.76. The van der Waals surface area contributed by atoms with Crippen LogP contribution >= 0.6 is 0 Å². The first kappa shape index (κ1) is 20.7. The molecular formula is C24H26N4O2. The number of methoxy groups -OCH3 is 2. The van der Waals surface area contributed by atoms with Gasteiger partial charge in [0.1, 0.15) is 11.5 Å². The predicted octanol–water partition coefficient (Wildman–Crippen LogP) is 4.54. The van der Waals surface area contributed by atoms with Crippen molar-refractivity contribution in [2.45, 2.75) is 0 Å². The molecule has 0 atom stereocenters. The lowest BCUT2D eigenvalue weighted by Crippen LogP contribution is -1.94. The van der Waals surface area contributed by atoms with Gasteiger partial charge in [-0.1, -0.05) is 36.4 Å². The Bertz CT molecular complexity index is 1080. The first-order valence-corrected chi connectivity index (χ1v) is 9.34. The van der Waals surface area contributed by atoms with Gasteiger partial charge in [0.25, 0.3) is 0 Å². The monoisotopic (exact) mass is 402 g/mol. The molecule has 0 aromatic heterocycles. The molecule has 0 aliphatic carbocycles. The number of anilines is 4. The fourth-order valence-electron chi connectivity index (χ4n) is 3.14. The summed E-state index contributed by atoms with van der Waals surface area (Å²) < 4.78 is 10.4. The molecule has 0 spiro atoms. The van der Waals surface area contributed by atoms with E-state index in [1.807, 2.05) is 72.8 Å². The van der Waals surface area contributed by atoms with Crippen molar-refractivity contribution in [3.63, 3.8) is 0 Å². The van der Waals surface area contributed by atoms with Crippen molar-refractivity contribution >= 4 is 33.5 Å². The van der Waals surface area contributed by atoms with E-state index in [0.29, 0.717) is 22.9 Å². The summed E-state index contributed by atoms with van der Waals surface area (Å²) in [4.78, 5) is 0. The third-order valence-electron chi connectivity index (χ3n) is 4.79. The molecule has 8 N–H and O–H groups in total. The van der Waals surface area contributed by atoms with Crippen molar-refractivity contribution in [2.24, 2.45) is 0 Å². The topological polar surface area (TPSA) is 123 Å². The maximum absolute atomic E-state index is 5.79. The molecular weight excluding hydrogens is 376 g/mol. The Morgan fingerprint density at radius 3 is 1.27 bits per heavy atom. The fraction of sp³-hybridized carbons (Fsp3) is 0.0833. The summed E-state index contributed by atoms with van der Waals surface area (Å²) in [5.41, 5.74) is 27.9. The molecule has 0 radical (unpaired) electrons. The van der Waals surface area contributed by atoms with Gasteiger partial charge in [-0.3, -0.25) is 0 Å². The number of hydrogen-bond donors (Lipinski definition) is 4. The normalized spacial score (nSPS) is 10.2. The number of fused-ring (bicyclic) bond motifs is 1. The van der Waals surface area contributed by atoms with Gasteiger partial charge < -0.3 is 32.4 Å². The first-order valence-electron chi connectivity index (χ1n) is 9.34. The Balaban J connectivity index is 0.000000184. The van der Waals surface area contributed by atoms with E-state index >= 15 is 0 Å². The minimum atomic E-state index is 0.615. The van der Waals surface area contributed by atoms with Gasteiger partial charge in [-0.05, 0) is 47.5 Å². The van der Waals surface area contributed by atoms with E-state index in [9.17, 15) is 0 Å². The van der Waals surface area contributed by atoms with Crippen LogP contribution in [0.2, 0.25) is 0 Å². The van der Waals surface area contributed by atoms with E-state index in [0.717, 1.165) is 33.3 Å². The highest BCUT2D eigenvalue weighted by Crippen LogP contribution is 2.32. The van der Waals surface area contributed by atoms with E-state index in [1.54, 1.807) is 14.2 Å². The van der Waals surface area contributed by atoms with Crippen molar-refractivity contribution < 1.29 is 9.47 Å². The third-order valence-corrected chi connectivity index (χ3v) is 4.79. The molecule has 0 aliphatic heterocycles. The molecule has 0 saturated heterocycles. The van der Waals surface area contributed by atoms with E-state index in [1.165, 1.54) is 0 Å². The minimum Gasteiger partial charge on any atom is -0.495 e. The second-order valence-electron chi connectivity index (χ2n) is 6.70. The van der Waals surface area contributed by atoms with E-state index in [2.05, 4.69) is 0 Å². The van der Waals surface area contributed by atoms with Gasteiger partial charge in [0.05, 0.1) is 25.6 Å². The number of ether oxygens (including phenoxy) is 2. The Kier molecular flexibility index (Phi) is 6.17. The smallest absolute Gasteiger partial charge is 0.142 e. The molecule has 4 rings (SSSR count). The Morgan fingerprint density at radius 1 is 0.500 bits per heavy atom. The summed E-state index contributed by atoms with van der Waals surface area (Å²) in [5.74, 6) is 1.31. The molecule has 0 bridgehead atoms. The van der Waals surface area contributed by atoms with Crippen molar-refractivity contribution in [1.82, 2.24) is 0 Å². The van der Waals surface area contributed by atoms with Gasteiger partial charge >= 0.3 is 0 Å². The van der Waals surface area contributed by atoms with E-state index in [4.69, 9.17) is 32.4 Å². The molecule has 0 unspecified atom stereocenters. The van der Waals surface area contributed by atoms with Crippen LogP contribution in [0.25, 0.3) is 21.9 Å². The van der Waals surface area contributed by atoms with Crippen LogP contribution in [0.5, 0.6) is 11.5 Å². The number of hydrogen-bond acceptors (Lipinski definition) is 6. The van der Waals surface area contributed by atoms with E-state index in [-0.39, 0.29) is 0 Å². The van der Waals surface area contributed by atoms with E-state index < -0.39 is 0 Å². The Labute approximate surface area is 176 Å². The first-order chi connectivity index (χ1) is 14.4. The molecule has 6 heteroatoms. The van der Waals surface area contributed by atoms with Crippen LogP contribution in [0.4, 0.5) is 22.7 Å². The third kappa shape index (κ3) is 4.33. The van der Waals surface area contributed by atoms with Gasteiger partial charge in [0.15, 0.2) is 0 Å². The fourth-order valence-corrected chi connectivity index (χ4v) is 3.14. The van der Waals surface area contributed by atoms with Gasteiger partial charge in [-0.15, -0.1) is 0 Å². The largest absolute Gasteiger partial charge is 0.495 e. The highest BCUT2D eigenvalue weighted by molar-refractivity contribution is 5.99. The maximum Gasteiger partial charge on any atom is 0.142 e. The van der Waals surface area contributed by atoms with Gasteiger partial charge in [0, 0.05) is 22.1 Å². The minimum absolute atomic E-state index is 0.615. The van der Waals surface area contributed by atoms with Gasteiger partial charge in [-0.2, -0.15) is 0 Å². The second kappa shape index (κ2) is 8.96. The zero-order chi connectivity index (χ0) is 21.7. The molecule has 154 valence electrons. The molecule has 0 amide bonds. The van der Waals surface area contributed by atoms with Crippen molar-refractivity contribution in [2.75, 3.05) is 37.2 Å². The van der Waals surface area contributed by atoms with Crippen molar-refractivity contribution in [3.8, 4) is 22.6 Å². The Morgan fingerprint density at radius 2 is 0.900 bits per heavy atom. The molecule has 6 nitrogen and oxygen atoms in total. The van der Waals surface area contributed by atoms with Crippen LogP contribution in [0, 0.1) is 0 Å². The molecule has 4 aromatic rings. The molecule has 0 fully saturated rings. The van der Waals surface area contributed by atoms with Crippen LogP contribution in [0.1, 0.15) is 0 Å². The highest BCUT2D eigenvalue weighted by Gasteiger charge is 2.06. The average molecular weight is 402 g/mol. The quantitative estimate of drug-likeness (QED) is 0.373.